The number of hydrogen-bond acceptors (Lipinski definition) is 5. The smallest absolute Gasteiger partial charge is 0.312 e. The molecule has 8 nitrogen and oxygen atoms in total. The van der Waals surface area contributed by atoms with Crippen molar-refractivity contribution in [2.24, 2.45) is 5.73 Å². The molecule has 0 aliphatic carbocycles. The lowest BCUT2D eigenvalue weighted by Gasteiger charge is -2.06. The third kappa shape index (κ3) is 4.00. The molecule has 96 valence electrons. The molecule has 18 heavy (non-hydrogen) atoms. The van der Waals surface area contributed by atoms with Crippen LogP contribution in [0, 0.1) is 11.3 Å². The van der Waals surface area contributed by atoms with Crippen molar-refractivity contribution >= 4 is 16.1 Å². The van der Waals surface area contributed by atoms with Crippen molar-refractivity contribution in [3.05, 3.63) is 24.0 Å². The van der Waals surface area contributed by atoms with Crippen LogP contribution in [0.3, 0.4) is 0 Å². The van der Waals surface area contributed by atoms with E-state index in [-0.39, 0.29) is 23.7 Å². The van der Waals surface area contributed by atoms with Gasteiger partial charge in [0.1, 0.15) is 16.7 Å². The van der Waals surface area contributed by atoms with Crippen LogP contribution in [-0.2, 0) is 10.0 Å². The lowest BCUT2D eigenvalue weighted by molar-refractivity contribution is 0.249. The Morgan fingerprint density at radius 3 is 2.67 bits per heavy atom. The van der Waals surface area contributed by atoms with Crippen LogP contribution in [0.15, 0.2) is 23.2 Å². The summed E-state index contributed by atoms with van der Waals surface area (Å²) < 4.78 is 25.6. The van der Waals surface area contributed by atoms with Crippen LogP contribution < -0.4 is 15.8 Å². The van der Waals surface area contributed by atoms with Gasteiger partial charge in [-0.05, 0) is 12.1 Å². The zero-order chi connectivity index (χ0) is 13.6. The molecular weight excluding hydrogens is 258 g/mol. The molecule has 2 amide bonds. The van der Waals surface area contributed by atoms with Crippen molar-refractivity contribution in [1.82, 2.24) is 15.0 Å². The number of sulfonamides is 1. The second-order valence-corrected chi connectivity index (χ2v) is 4.95. The first-order valence-corrected chi connectivity index (χ1v) is 6.33. The predicted octanol–water partition coefficient (Wildman–Crippen LogP) is -1.10. The monoisotopic (exact) mass is 269 g/mol. The number of pyridine rings is 1. The molecule has 0 aromatic carbocycles. The van der Waals surface area contributed by atoms with Crippen molar-refractivity contribution in [3.63, 3.8) is 0 Å². The maximum atomic E-state index is 11.7. The molecule has 0 atom stereocenters. The van der Waals surface area contributed by atoms with Crippen molar-refractivity contribution in [3.8, 4) is 6.07 Å². The lowest BCUT2D eigenvalue weighted by Crippen LogP contribution is -2.37. The summed E-state index contributed by atoms with van der Waals surface area (Å²) in [6, 6.07) is 3.63. The molecular formula is C9H11N5O3S. The number of urea groups is 1. The molecule has 1 rings (SSSR count). The summed E-state index contributed by atoms with van der Waals surface area (Å²) in [5.41, 5.74) is 4.95. The number of primary amides is 1. The summed E-state index contributed by atoms with van der Waals surface area (Å²) >= 11 is 0. The number of aromatic nitrogens is 1. The number of nitrogens with one attached hydrogen (secondary N) is 2. The molecule has 1 heterocycles. The van der Waals surface area contributed by atoms with Crippen LogP contribution in [0.1, 0.15) is 5.69 Å². The van der Waals surface area contributed by atoms with Gasteiger partial charge in [0.2, 0.25) is 10.0 Å². The van der Waals surface area contributed by atoms with Crippen LogP contribution in [0.2, 0.25) is 0 Å². The Morgan fingerprint density at radius 2 is 2.17 bits per heavy atom. The number of carbonyl (C=O) groups is 1. The molecule has 0 fully saturated rings. The van der Waals surface area contributed by atoms with E-state index < -0.39 is 16.1 Å². The van der Waals surface area contributed by atoms with Crippen LogP contribution in [0.25, 0.3) is 0 Å². The molecule has 4 N–H and O–H groups in total. The van der Waals surface area contributed by atoms with Gasteiger partial charge in [-0.1, -0.05) is 0 Å². The minimum absolute atomic E-state index is 0.00523. The molecule has 0 radical (unpaired) electrons. The van der Waals surface area contributed by atoms with E-state index in [1.165, 1.54) is 12.1 Å². The molecule has 0 saturated heterocycles. The van der Waals surface area contributed by atoms with Gasteiger partial charge in [-0.2, -0.15) is 5.26 Å². The van der Waals surface area contributed by atoms with Crippen LogP contribution in [0.5, 0.6) is 0 Å². The van der Waals surface area contributed by atoms with Crippen molar-refractivity contribution < 1.29 is 13.2 Å². The topological polar surface area (TPSA) is 138 Å². The van der Waals surface area contributed by atoms with Crippen LogP contribution in [0.4, 0.5) is 4.79 Å². The first-order valence-electron chi connectivity index (χ1n) is 4.85. The molecule has 1 aromatic rings. The maximum Gasteiger partial charge on any atom is 0.312 e. The Balaban J connectivity index is 2.63. The normalized spacial score (nSPS) is 10.6. The van der Waals surface area contributed by atoms with E-state index in [0.29, 0.717) is 0 Å². The summed E-state index contributed by atoms with van der Waals surface area (Å²) in [5, 5.41) is 10.8. The second kappa shape index (κ2) is 5.95. The molecule has 0 unspecified atom stereocenters. The SMILES string of the molecule is N#Cc1ccc(S(=O)(=O)NCCNC(N)=O)cn1. The molecule has 9 heteroatoms. The third-order valence-electron chi connectivity index (χ3n) is 1.88. The average molecular weight is 269 g/mol. The van der Waals surface area contributed by atoms with Gasteiger partial charge in [0.05, 0.1) is 0 Å². The number of nitriles is 1. The minimum atomic E-state index is -3.70. The van der Waals surface area contributed by atoms with E-state index in [0.717, 1.165) is 6.20 Å². The molecule has 0 aliphatic rings. The minimum Gasteiger partial charge on any atom is -0.352 e. The highest BCUT2D eigenvalue weighted by atomic mass is 32.2. The Bertz CT molecular complexity index is 561. The number of nitrogens with two attached hydrogens (primary N) is 1. The summed E-state index contributed by atoms with van der Waals surface area (Å²) in [6.07, 6.45) is 1.09. The third-order valence-corrected chi connectivity index (χ3v) is 3.32. The van der Waals surface area contributed by atoms with E-state index in [9.17, 15) is 13.2 Å². The lowest BCUT2D eigenvalue weighted by atomic mass is 10.4. The Morgan fingerprint density at radius 1 is 1.44 bits per heavy atom. The number of nitrogens with zero attached hydrogens (tertiary/aromatic N) is 2. The summed E-state index contributed by atoms with van der Waals surface area (Å²) in [5.74, 6) is 0. The zero-order valence-corrected chi connectivity index (χ0v) is 10.1. The summed E-state index contributed by atoms with van der Waals surface area (Å²) in [7, 11) is -3.70. The highest BCUT2D eigenvalue weighted by Gasteiger charge is 2.13. The number of rotatable bonds is 5. The van der Waals surface area contributed by atoms with Gasteiger partial charge >= 0.3 is 6.03 Å². The Hall–Kier alpha value is -2.18. The van der Waals surface area contributed by atoms with Gasteiger partial charge in [0.15, 0.2) is 0 Å². The molecule has 0 spiro atoms. The van der Waals surface area contributed by atoms with E-state index in [1.807, 2.05) is 0 Å². The number of amides is 2. The first kappa shape index (κ1) is 13.9. The van der Waals surface area contributed by atoms with E-state index in [4.69, 9.17) is 11.0 Å². The Labute approximate surface area is 104 Å². The number of hydrogen-bond donors (Lipinski definition) is 3. The molecule has 1 aromatic heterocycles. The van der Waals surface area contributed by atoms with Gasteiger partial charge < -0.3 is 11.1 Å². The van der Waals surface area contributed by atoms with E-state index in [2.05, 4.69) is 15.0 Å². The average Bonchev–Trinajstić information content (AvgIpc) is 2.34. The fourth-order valence-corrected chi connectivity index (χ4v) is 2.04. The van der Waals surface area contributed by atoms with Crippen LogP contribution in [-0.4, -0.2) is 32.5 Å². The van der Waals surface area contributed by atoms with Crippen molar-refractivity contribution in [1.29, 1.82) is 5.26 Å². The van der Waals surface area contributed by atoms with Gasteiger partial charge in [-0.3, -0.25) is 0 Å². The van der Waals surface area contributed by atoms with Gasteiger partial charge in [0, 0.05) is 19.3 Å². The predicted molar refractivity (Wildman–Crippen MR) is 61.7 cm³/mol. The van der Waals surface area contributed by atoms with Gasteiger partial charge in [0.25, 0.3) is 0 Å². The van der Waals surface area contributed by atoms with E-state index >= 15 is 0 Å². The van der Waals surface area contributed by atoms with E-state index in [1.54, 1.807) is 6.07 Å². The molecule has 0 bridgehead atoms. The quantitative estimate of drug-likeness (QED) is 0.582. The maximum absolute atomic E-state index is 11.7. The van der Waals surface area contributed by atoms with Crippen molar-refractivity contribution in [2.75, 3.05) is 13.1 Å². The summed E-state index contributed by atoms with van der Waals surface area (Å²) in [6.45, 7) is 0.0869. The fraction of sp³-hybridized carbons (Fsp3) is 0.222. The van der Waals surface area contributed by atoms with Crippen molar-refractivity contribution in [2.45, 2.75) is 4.90 Å². The highest BCUT2D eigenvalue weighted by molar-refractivity contribution is 7.89. The Kier molecular flexibility index (Phi) is 4.59. The molecule has 0 saturated carbocycles. The largest absolute Gasteiger partial charge is 0.352 e. The molecule has 0 aliphatic heterocycles. The first-order chi connectivity index (χ1) is 8.45. The second-order valence-electron chi connectivity index (χ2n) is 3.18. The fourth-order valence-electron chi connectivity index (χ4n) is 1.06. The van der Waals surface area contributed by atoms with Crippen LogP contribution >= 0.6 is 0 Å². The van der Waals surface area contributed by atoms with Gasteiger partial charge in [-0.15, -0.1) is 0 Å². The van der Waals surface area contributed by atoms with Gasteiger partial charge in [-0.25, -0.2) is 22.9 Å². The standard InChI is InChI=1S/C9H11N5O3S/c10-5-7-1-2-8(6-13-7)18(16,17)14-4-3-12-9(11)15/h1-2,6,14H,3-4H2,(H3,11,12,15). The zero-order valence-electron chi connectivity index (χ0n) is 9.25. The summed E-state index contributed by atoms with van der Waals surface area (Å²) in [4.78, 5) is 14.0. The highest BCUT2D eigenvalue weighted by Crippen LogP contribution is 2.06. The number of carbonyl (C=O) groups excluding carboxylic acids is 1.